The maximum Gasteiger partial charge on any atom is 0.282 e. The molecule has 38 heavy (non-hydrogen) atoms. The van der Waals surface area contributed by atoms with E-state index in [4.69, 9.17) is 0 Å². The van der Waals surface area contributed by atoms with Crippen molar-refractivity contribution in [2.75, 3.05) is 36.0 Å². The number of carbonyl (C=O) groups excluding carboxylic acids is 2. The number of halogens is 2. The van der Waals surface area contributed by atoms with Gasteiger partial charge < -0.3 is 9.80 Å². The molecule has 3 aromatic rings. The smallest absolute Gasteiger partial charge is 0.282 e. The van der Waals surface area contributed by atoms with E-state index >= 15 is 0 Å². The van der Waals surface area contributed by atoms with Gasteiger partial charge in [0.1, 0.15) is 5.82 Å². The number of alkyl halides is 2. The molecule has 1 spiro atoms. The minimum atomic E-state index is -2.80. The number of non-ortho nitro benzene ring substituents is 1. The Morgan fingerprint density at radius 2 is 1.66 bits per heavy atom. The van der Waals surface area contributed by atoms with Crippen molar-refractivity contribution < 1.29 is 23.3 Å². The van der Waals surface area contributed by atoms with Gasteiger partial charge in [-0.15, -0.1) is 0 Å². The average molecular weight is 526 g/mol. The molecule has 4 heterocycles. The van der Waals surface area contributed by atoms with Gasteiger partial charge >= 0.3 is 0 Å². The lowest BCUT2D eigenvalue weighted by Crippen LogP contribution is -2.57. The molecule has 1 saturated carbocycles. The third-order valence-corrected chi connectivity index (χ3v) is 7.76. The summed E-state index contributed by atoms with van der Waals surface area (Å²) in [5.41, 5.74) is 6.37. The van der Waals surface area contributed by atoms with Crippen molar-refractivity contribution in [2.24, 2.45) is 5.41 Å². The summed E-state index contributed by atoms with van der Waals surface area (Å²) >= 11 is 0. The number of anilines is 2. The molecule has 0 bridgehead atoms. The summed E-state index contributed by atoms with van der Waals surface area (Å²) < 4.78 is 28.4. The summed E-state index contributed by atoms with van der Waals surface area (Å²) in [5, 5.41) is 15.5. The van der Waals surface area contributed by atoms with Crippen molar-refractivity contribution in [3.63, 3.8) is 0 Å². The van der Waals surface area contributed by atoms with Crippen LogP contribution in [0.15, 0.2) is 42.6 Å². The Hall–Kier alpha value is -4.29. The van der Waals surface area contributed by atoms with Crippen LogP contribution in [0.5, 0.6) is 0 Å². The second-order valence-corrected chi connectivity index (χ2v) is 10.3. The number of hydrogen-bond acceptors (Lipinski definition) is 7. The number of benzene rings is 1. The van der Waals surface area contributed by atoms with E-state index in [9.17, 15) is 28.5 Å². The highest BCUT2D eigenvalue weighted by molar-refractivity contribution is 6.03. The van der Waals surface area contributed by atoms with Crippen LogP contribution in [0, 0.1) is 15.5 Å². The van der Waals surface area contributed by atoms with E-state index in [1.807, 2.05) is 4.90 Å². The lowest BCUT2D eigenvalue weighted by molar-refractivity contribution is -0.384. The second-order valence-electron chi connectivity index (χ2n) is 10.3. The predicted molar refractivity (Wildman–Crippen MR) is 133 cm³/mol. The second kappa shape index (κ2) is 8.64. The van der Waals surface area contributed by atoms with Crippen molar-refractivity contribution in [3.8, 4) is 0 Å². The van der Waals surface area contributed by atoms with Crippen molar-refractivity contribution in [1.29, 1.82) is 0 Å². The van der Waals surface area contributed by atoms with Crippen molar-refractivity contribution in [1.82, 2.24) is 20.5 Å². The number of nitrogens with zero attached hydrogens (tertiary/aromatic N) is 5. The van der Waals surface area contributed by atoms with Gasteiger partial charge in [0.25, 0.3) is 23.4 Å². The van der Waals surface area contributed by atoms with Crippen molar-refractivity contribution in [2.45, 2.75) is 31.6 Å². The van der Waals surface area contributed by atoms with Crippen LogP contribution in [-0.2, 0) is 0 Å². The van der Waals surface area contributed by atoms with E-state index < -0.39 is 35.7 Å². The van der Waals surface area contributed by atoms with Crippen molar-refractivity contribution in [3.05, 3.63) is 63.8 Å². The Morgan fingerprint density at radius 1 is 0.947 bits per heavy atom. The van der Waals surface area contributed by atoms with Gasteiger partial charge in [0.15, 0.2) is 0 Å². The number of nitro groups is 1. The van der Waals surface area contributed by atoms with E-state index in [1.54, 1.807) is 6.07 Å². The zero-order valence-electron chi connectivity index (χ0n) is 20.3. The average Bonchev–Trinajstić information content (AvgIpc) is 3.46. The third-order valence-electron chi connectivity index (χ3n) is 7.76. The van der Waals surface area contributed by atoms with Crippen molar-refractivity contribution >= 4 is 34.5 Å². The number of fused-ring (bicyclic) bond motifs is 1. The highest BCUT2D eigenvalue weighted by Gasteiger charge is 2.45. The van der Waals surface area contributed by atoms with Gasteiger partial charge in [-0.2, -0.15) is 5.10 Å². The lowest BCUT2D eigenvalue weighted by Gasteiger charge is -2.40. The molecule has 1 aliphatic carbocycles. The molecule has 0 atom stereocenters. The molecule has 2 aromatic heterocycles. The predicted octanol–water partition coefficient (Wildman–Crippen LogP) is 3.15. The van der Waals surface area contributed by atoms with Crippen LogP contribution in [0.25, 0.3) is 5.52 Å². The third kappa shape index (κ3) is 4.37. The maximum absolute atomic E-state index is 13.5. The standard InChI is InChI=1S/C25H25F2N7O4/c26-25(27)14-32(15-25)21-12-16(11-17-3-8-28-33(17)21)22(35)29-30-23(36)19-2-1-18(34(37)38)13-20(19)31-9-6-24(4-5-24)7-10-31/h1-3,8,11-13H,4-7,9-10,14-15H2,(H,29,35)(H,30,36). The Bertz CT molecular complexity index is 1450. The zero-order chi connectivity index (χ0) is 26.7. The number of hydrogen-bond donors (Lipinski definition) is 2. The zero-order valence-corrected chi connectivity index (χ0v) is 20.3. The van der Waals surface area contributed by atoms with Gasteiger partial charge in [0.2, 0.25) is 0 Å². The Labute approximate surface area is 215 Å². The minimum absolute atomic E-state index is 0.120. The summed E-state index contributed by atoms with van der Waals surface area (Å²) in [6, 6.07) is 8.66. The van der Waals surface area contributed by atoms with Crippen LogP contribution in [0.1, 0.15) is 46.4 Å². The van der Waals surface area contributed by atoms with E-state index in [2.05, 4.69) is 16.0 Å². The SMILES string of the molecule is O=C(NNC(=O)c1ccc([N+](=O)[O-])cc1N1CCC2(CC1)CC2)c1cc(N2CC(F)(F)C2)n2nccc2c1. The Kier molecular flexibility index (Phi) is 5.47. The van der Waals surface area contributed by atoms with E-state index in [0.717, 1.165) is 12.8 Å². The van der Waals surface area contributed by atoms with Crippen LogP contribution in [0.3, 0.4) is 0 Å². The normalized spacial score (nSPS) is 19.2. The summed E-state index contributed by atoms with van der Waals surface area (Å²) in [5.74, 6) is -3.73. The number of piperidine rings is 1. The van der Waals surface area contributed by atoms with Crippen LogP contribution in [0.2, 0.25) is 0 Å². The van der Waals surface area contributed by atoms with Gasteiger partial charge in [-0.3, -0.25) is 30.6 Å². The fourth-order valence-corrected chi connectivity index (χ4v) is 5.29. The monoisotopic (exact) mass is 525 g/mol. The molecule has 3 aliphatic rings. The van der Waals surface area contributed by atoms with Gasteiger partial charge in [-0.25, -0.2) is 13.3 Å². The molecule has 198 valence electrons. The Morgan fingerprint density at radius 3 is 2.32 bits per heavy atom. The number of aromatic nitrogens is 2. The number of hydrazine groups is 1. The maximum atomic E-state index is 13.5. The molecule has 3 fully saturated rings. The molecule has 2 aliphatic heterocycles. The molecule has 2 amide bonds. The van der Waals surface area contributed by atoms with E-state index in [-0.39, 0.29) is 16.8 Å². The number of amides is 2. The highest BCUT2D eigenvalue weighted by Crippen LogP contribution is 2.54. The van der Waals surface area contributed by atoms with Gasteiger partial charge in [0.05, 0.1) is 41.0 Å². The summed E-state index contributed by atoms with van der Waals surface area (Å²) in [6.45, 7) is 0.420. The van der Waals surface area contributed by atoms with Gasteiger partial charge in [-0.1, -0.05) is 0 Å². The largest absolute Gasteiger partial charge is 0.371 e. The minimum Gasteiger partial charge on any atom is -0.371 e. The quantitative estimate of drug-likeness (QED) is 0.387. The molecule has 2 N–H and O–H groups in total. The fourth-order valence-electron chi connectivity index (χ4n) is 5.29. The first-order chi connectivity index (χ1) is 18.1. The number of pyridine rings is 1. The highest BCUT2D eigenvalue weighted by atomic mass is 19.3. The van der Waals surface area contributed by atoms with Gasteiger partial charge in [0, 0.05) is 30.8 Å². The molecule has 6 rings (SSSR count). The van der Waals surface area contributed by atoms with Gasteiger partial charge in [-0.05, 0) is 55.4 Å². The summed E-state index contributed by atoms with van der Waals surface area (Å²) in [7, 11) is 0. The molecule has 11 nitrogen and oxygen atoms in total. The van der Waals surface area contributed by atoms with E-state index in [1.165, 1.54) is 58.8 Å². The number of rotatable bonds is 5. The van der Waals surface area contributed by atoms with Crippen LogP contribution < -0.4 is 20.7 Å². The summed E-state index contributed by atoms with van der Waals surface area (Å²) in [6.07, 6.45) is 5.83. The molecule has 0 unspecified atom stereocenters. The first-order valence-corrected chi connectivity index (χ1v) is 12.4. The first kappa shape index (κ1) is 24.1. The molecule has 13 heteroatoms. The number of nitro benzene ring substituents is 1. The summed E-state index contributed by atoms with van der Waals surface area (Å²) in [4.78, 5) is 40.3. The first-order valence-electron chi connectivity index (χ1n) is 12.4. The topological polar surface area (TPSA) is 125 Å². The van der Waals surface area contributed by atoms with Crippen LogP contribution in [0.4, 0.5) is 26.0 Å². The molecule has 1 aromatic carbocycles. The molecular weight excluding hydrogens is 500 g/mol. The molecule has 2 saturated heterocycles. The lowest BCUT2D eigenvalue weighted by atomic mass is 9.93. The fraction of sp³-hybridized carbons (Fsp3) is 0.400. The van der Waals surface area contributed by atoms with Crippen LogP contribution in [-0.4, -0.2) is 58.5 Å². The Balaban J connectivity index is 1.20. The van der Waals surface area contributed by atoms with E-state index in [0.29, 0.717) is 35.5 Å². The molecule has 0 radical (unpaired) electrons. The van der Waals surface area contributed by atoms with Crippen LogP contribution >= 0.6 is 0 Å². The molecular formula is C25H25F2N7O4. The number of carbonyl (C=O) groups is 2. The number of nitrogens with one attached hydrogen (secondary N) is 2.